The van der Waals surface area contributed by atoms with Gasteiger partial charge < -0.3 is 19.1 Å². The average molecular weight is 372 g/mol. The van der Waals surface area contributed by atoms with E-state index < -0.39 is 10.1 Å². The predicted molar refractivity (Wildman–Crippen MR) is 97.5 cm³/mol. The smallest absolute Gasteiger partial charge is 0.317 e. The van der Waals surface area contributed by atoms with Crippen LogP contribution in [0, 0.1) is 0 Å². The van der Waals surface area contributed by atoms with Crippen molar-refractivity contribution < 1.29 is 22.1 Å². The molecule has 1 aromatic rings. The minimum atomic E-state index is -3.67. The van der Waals surface area contributed by atoms with Crippen molar-refractivity contribution in [3.05, 3.63) is 23.8 Å². The second-order valence-electron chi connectivity index (χ2n) is 5.64. The van der Waals surface area contributed by atoms with Gasteiger partial charge in [0, 0.05) is 19.1 Å². The second-order valence-corrected chi connectivity index (χ2v) is 7.49. The molecule has 0 unspecified atom stereocenters. The van der Waals surface area contributed by atoms with E-state index in [1.165, 1.54) is 14.0 Å². The number of benzene rings is 1. The van der Waals surface area contributed by atoms with Gasteiger partial charge in [0.05, 0.1) is 12.9 Å². The number of urea groups is 1. The monoisotopic (exact) mass is 372 g/mol. The third kappa shape index (κ3) is 6.12. The van der Waals surface area contributed by atoms with Crippen LogP contribution in [0.25, 0.3) is 0 Å². The van der Waals surface area contributed by atoms with Crippen molar-refractivity contribution in [2.75, 3.05) is 19.4 Å². The summed E-state index contributed by atoms with van der Waals surface area (Å²) in [6.07, 6.45) is 0.806. The molecular weight excluding hydrogens is 344 g/mol. The quantitative estimate of drug-likeness (QED) is 0.674. The number of hydrogen-bond acceptors (Lipinski definition) is 5. The fourth-order valence-corrected chi connectivity index (χ4v) is 2.70. The molecule has 0 bridgehead atoms. The van der Waals surface area contributed by atoms with Crippen LogP contribution < -0.4 is 14.2 Å². The molecule has 0 aliphatic carbocycles. The van der Waals surface area contributed by atoms with Crippen LogP contribution in [0.15, 0.2) is 18.2 Å². The molecule has 0 saturated heterocycles. The minimum absolute atomic E-state index is 0.0393. The first-order valence-electron chi connectivity index (χ1n) is 8.41. The number of carbonyl (C=O) groups excluding carboxylic acids is 1. The van der Waals surface area contributed by atoms with E-state index in [0.717, 1.165) is 12.0 Å². The lowest BCUT2D eigenvalue weighted by molar-refractivity contribution is 0.174. The lowest BCUT2D eigenvalue weighted by Crippen LogP contribution is -2.44. The molecule has 0 heterocycles. The van der Waals surface area contributed by atoms with Gasteiger partial charge in [-0.2, -0.15) is 8.42 Å². The molecule has 25 heavy (non-hydrogen) atoms. The molecular formula is C17H28N2O5S. The summed E-state index contributed by atoms with van der Waals surface area (Å²) >= 11 is 0. The van der Waals surface area contributed by atoms with E-state index in [9.17, 15) is 13.2 Å². The van der Waals surface area contributed by atoms with Crippen molar-refractivity contribution in [3.8, 4) is 11.5 Å². The molecule has 8 heteroatoms. The maximum atomic E-state index is 12.3. The zero-order valence-electron chi connectivity index (χ0n) is 15.5. The molecule has 0 aliphatic rings. The maximum Gasteiger partial charge on any atom is 0.317 e. The van der Waals surface area contributed by atoms with Crippen LogP contribution in [0.2, 0.25) is 0 Å². The molecule has 0 radical (unpaired) electrons. The Balaban J connectivity index is 3.12. The summed E-state index contributed by atoms with van der Waals surface area (Å²) in [5.74, 6) is 0.314. The van der Waals surface area contributed by atoms with Crippen LogP contribution in [0.4, 0.5) is 4.79 Å². The van der Waals surface area contributed by atoms with E-state index in [0.29, 0.717) is 18.8 Å². The molecule has 1 N–H and O–H groups in total. The van der Waals surface area contributed by atoms with Gasteiger partial charge in [-0.25, -0.2) is 4.79 Å². The Morgan fingerprint density at radius 1 is 1.24 bits per heavy atom. The molecule has 1 aromatic carbocycles. The maximum absolute atomic E-state index is 12.3. The highest BCUT2D eigenvalue weighted by molar-refractivity contribution is 7.87. The number of ether oxygens (including phenoxy) is 1. The van der Waals surface area contributed by atoms with Crippen molar-refractivity contribution >= 4 is 16.1 Å². The van der Waals surface area contributed by atoms with E-state index in [1.807, 2.05) is 20.8 Å². The fourth-order valence-electron chi connectivity index (χ4n) is 2.18. The Kier molecular flexibility index (Phi) is 8.02. The van der Waals surface area contributed by atoms with Gasteiger partial charge in [-0.3, -0.25) is 0 Å². The largest absolute Gasteiger partial charge is 0.493 e. The predicted octanol–water partition coefficient (Wildman–Crippen LogP) is 2.75. The van der Waals surface area contributed by atoms with E-state index in [2.05, 4.69) is 5.32 Å². The van der Waals surface area contributed by atoms with Crippen molar-refractivity contribution in [1.29, 1.82) is 0 Å². The summed E-state index contributed by atoms with van der Waals surface area (Å²) in [5, 5.41) is 2.80. The number of nitrogens with one attached hydrogen (secondary N) is 1. The van der Waals surface area contributed by atoms with Crippen LogP contribution in [0.1, 0.15) is 39.7 Å². The highest BCUT2D eigenvalue weighted by Gasteiger charge is 2.20. The highest BCUT2D eigenvalue weighted by Crippen LogP contribution is 2.30. The summed E-state index contributed by atoms with van der Waals surface area (Å²) in [4.78, 5) is 14.0. The highest BCUT2D eigenvalue weighted by atomic mass is 32.2. The van der Waals surface area contributed by atoms with Crippen LogP contribution in [-0.2, 0) is 16.7 Å². The summed E-state index contributed by atoms with van der Waals surface area (Å²) in [6, 6.07) is 4.91. The van der Waals surface area contributed by atoms with Gasteiger partial charge >= 0.3 is 16.1 Å². The molecule has 0 fully saturated rings. The van der Waals surface area contributed by atoms with Gasteiger partial charge in [-0.1, -0.05) is 13.0 Å². The van der Waals surface area contributed by atoms with Crippen molar-refractivity contribution in [3.63, 3.8) is 0 Å². The van der Waals surface area contributed by atoms with Gasteiger partial charge in [0.2, 0.25) is 0 Å². The first-order valence-corrected chi connectivity index (χ1v) is 9.99. The van der Waals surface area contributed by atoms with Gasteiger partial charge in [0.1, 0.15) is 0 Å². The normalized spacial score (nSPS) is 12.4. The zero-order valence-corrected chi connectivity index (χ0v) is 16.4. The van der Waals surface area contributed by atoms with E-state index in [1.54, 1.807) is 23.1 Å². The molecule has 0 aromatic heterocycles. The summed E-state index contributed by atoms with van der Waals surface area (Å²) < 4.78 is 33.8. The number of amides is 2. The Bertz CT molecular complexity index is 676. The zero-order chi connectivity index (χ0) is 19.0. The van der Waals surface area contributed by atoms with Crippen LogP contribution in [-0.4, -0.2) is 44.8 Å². The standard InChI is InChI=1S/C17H28N2O5S/c1-6-13(4)19(17(20)18-7-2)12-14-9-10-15(23-5)16(11-14)24-25(21,22)8-3/h9-11,13H,6-8,12H2,1-5H3,(H,18,20)/t13-/m0/s1. The lowest BCUT2D eigenvalue weighted by Gasteiger charge is -2.29. The Hall–Kier alpha value is -1.96. The summed E-state index contributed by atoms with van der Waals surface area (Å²) in [5.41, 5.74) is 0.758. The Morgan fingerprint density at radius 3 is 2.44 bits per heavy atom. The number of carbonyl (C=O) groups is 1. The van der Waals surface area contributed by atoms with Crippen molar-refractivity contribution in [2.45, 2.75) is 46.7 Å². The number of hydrogen-bond donors (Lipinski definition) is 1. The van der Waals surface area contributed by atoms with Gasteiger partial charge in [-0.05, 0) is 44.9 Å². The van der Waals surface area contributed by atoms with Gasteiger partial charge in [0.25, 0.3) is 0 Å². The topological polar surface area (TPSA) is 84.9 Å². The number of rotatable bonds is 9. The Morgan fingerprint density at radius 2 is 1.92 bits per heavy atom. The number of methoxy groups -OCH3 is 1. The average Bonchev–Trinajstić information content (AvgIpc) is 2.59. The first kappa shape index (κ1) is 21.1. The first-order chi connectivity index (χ1) is 11.8. The summed E-state index contributed by atoms with van der Waals surface area (Å²) in [6.45, 7) is 8.23. The fraction of sp³-hybridized carbons (Fsp3) is 0.588. The molecule has 1 rings (SSSR count). The van der Waals surface area contributed by atoms with E-state index in [-0.39, 0.29) is 23.6 Å². The van der Waals surface area contributed by atoms with Crippen LogP contribution in [0.5, 0.6) is 11.5 Å². The van der Waals surface area contributed by atoms with Gasteiger partial charge in [0.15, 0.2) is 11.5 Å². The molecule has 1 atom stereocenters. The minimum Gasteiger partial charge on any atom is -0.493 e. The van der Waals surface area contributed by atoms with Crippen LogP contribution in [0.3, 0.4) is 0 Å². The van der Waals surface area contributed by atoms with Crippen molar-refractivity contribution in [2.24, 2.45) is 0 Å². The summed E-state index contributed by atoms with van der Waals surface area (Å²) in [7, 11) is -2.22. The van der Waals surface area contributed by atoms with E-state index >= 15 is 0 Å². The lowest BCUT2D eigenvalue weighted by atomic mass is 10.1. The van der Waals surface area contributed by atoms with Crippen LogP contribution >= 0.6 is 0 Å². The van der Waals surface area contributed by atoms with Gasteiger partial charge in [-0.15, -0.1) is 0 Å². The molecule has 7 nitrogen and oxygen atoms in total. The molecule has 142 valence electrons. The van der Waals surface area contributed by atoms with E-state index in [4.69, 9.17) is 8.92 Å². The van der Waals surface area contributed by atoms with Crippen molar-refractivity contribution in [1.82, 2.24) is 10.2 Å². The number of nitrogens with zero attached hydrogens (tertiary/aromatic N) is 1. The molecule has 0 spiro atoms. The second kappa shape index (κ2) is 9.50. The SMILES string of the molecule is CCNC(=O)N(Cc1ccc(OC)c(OS(=O)(=O)CC)c1)[C@@H](C)CC. The molecule has 2 amide bonds. The molecule has 0 aliphatic heterocycles. The third-order valence-corrected chi connectivity index (χ3v) is 5.00. The third-order valence-electron chi connectivity index (χ3n) is 3.86. The Labute approximate surface area is 150 Å². The molecule has 0 saturated carbocycles.